The van der Waals surface area contributed by atoms with Crippen molar-refractivity contribution in [3.63, 3.8) is 0 Å². The predicted octanol–water partition coefficient (Wildman–Crippen LogP) is 4.17. The normalized spacial score (nSPS) is 11.2. The Morgan fingerprint density at radius 3 is 2.57 bits per heavy atom. The van der Waals surface area contributed by atoms with Crippen LogP contribution in [-0.4, -0.2) is 25.5 Å². The molecule has 2 heterocycles. The van der Waals surface area contributed by atoms with Crippen LogP contribution >= 0.6 is 11.8 Å². The lowest BCUT2D eigenvalue weighted by Gasteiger charge is -2.06. The van der Waals surface area contributed by atoms with E-state index in [1.807, 2.05) is 30.3 Å². The summed E-state index contributed by atoms with van der Waals surface area (Å²) in [5.41, 5.74) is 2.25. The molecule has 2 aromatic heterocycles. The number of benzene rings is 1. The predicted molar refractivity (Wildman–Crippen MR) is 95.1 cm³/mol. The lowest BCUT2D eigenvalue weighted by atomic mass is 10.2. The molecule has 0 aliphatic rings. The van der Waals surface area contributed by atoms with Gasteiger partial charge >= 0.3 is 0 Å². The molecule has 0 unspecified atom stereocenters. The minimum atomic E-state index is 0.843. The number of nitrogens with zero attached hydrogens (tertiary/aromatic N) is 4. The number of hydrogen-bond donors (Lipinski definition) is 0. The Bertz CT molecular complexity index is 766. The first-order valence-corrected chi connectivity index (χ1v) is 8.55. The zero-order valence-electron chi connectivity index (χ0n) is 13.0. The van der Waals surface area contributed by atoms with E-state index in [1.165, 1.54) is 5.56 Å². The maximum absolute atomic E-state index is 4.33. The van der Waals surface area contributed by atoms with Crippen molar-refractivity contribution >= 4 is 17.8 Å². The van der Waals surface area contributed by atoms with Gasteiger partial charge < -0.3 is 4.57 Å². The average molecular weight is 322 g/mol. The Morgan fingerprint density at radius 1 is 1.04 bits per heavy atom. The van der Waals surface area contributed by atoms with Crippen LogP contribution in [0, 0.1) is 0 Å². The van der Waals surface area contributed by atoms with Crippen molar-refractivity contribution in [3.8, 4) is 11.4 Å². The van der Waals surface area contributed by atoms with Crippen LogP contribution in [0.2, 0.25) is 0 Å². The molecular formula is C18H18N4S. The largest absolute Gasteiger partial charge is 0.302 e. The highest BCUT2D eigenvalue weighted by Gasteiger charge is 2.12. The SMILES string of the molecule is CCn1c(SC/C=C\c2ccccc2)nnc1-c1ccncc1. The summed E-state index contributed by atoms with van der Waals surface area (Å²) < 4.78 is 2.14. The van der Waals surface area contributed by atoms with Gasteiger partial charge in [-0.05, 0) is 24.6 Å². The third kappa shape index (κ3) is 3.87. The van der Waals surface area contributed by atoms with Crippen LogP contribution in [0.5, 0.6) is 0 Å². The van der Waals surface area contributed by atoms with E-state index in [-0.39, 0.29) is 0 Å². The number of rotatable bonds is 6. The van der Waals surface area contributed by atoms with Gasteiger partial charge in [-0.25, -0.2) is 0 Å². The van der Waals surface area contributed by atoms with Crippen LogP contribution in [0.3, 0.4) is 0 Å². The van der Waals surface area contributed by atoms with Crippen LogP contribution in [0.1, 0.15) is 12.5 Å². The van der Waals surface area contributed by atoms with Gasteiger partial charge in [-0.3, -0.25) is 4.98 Å². The van der Waals surface area contributed by atoms with E-state index in [0.717, 1.165) is 28.8 Å². The lowest BCUT2D eigenvalue weighted by molar-refractivity contribution is 0.688. The summed E-state index contributed by atoms with van der Waals surface area (Å²) in [6.45, 7) is 2.95. The summed E-state index contributed by atoms with van der Waals surface area (Å²) in [4.78, 5) is 4.05. The maximum atomic E-state index is 4.33. The van der Waals surface area contributed by atoms with Crippen LogP contribution in [0.15, 0.2) is 66.1 Å². The Hall–Kier alpha value is -2.40. The minimum Gasteiger partial charge on any atom is -0.302 e. The summed E-state index contributed by atoms with van der Waals surface area (Å²) in [5.74, 6) is 1.76. The van der Waals surface area contributed by atoms with Crippen molar-refractivity contribution < 1.29 is 0 Å². The molecule has 116 valence electrons. The van der Waals surface area contributed by atoms with E-state index in [9.17, 15) is 0 Å². The first-order chi connectivity index (χ1) is 11.4. The topological polar surface area (TPSA) is 43.6 Å². The Balaban J connectivity index is 1.69. The molecular weight excluding hydrogens is 304 g/mol. The number of pyridine rings is 1. The van der Waals surface area contributed by atoms with Crippen molar-refractivity contribution in [1.29, 1.82) is 0 Å². The first kappa shape index (κ1) is 15.5. The number of hydrogen-bond acceptors (Lipinski definition) is 4. The van der Waals surface area contributed by atoms with E-state index in [2.05, 4.69) is 51.0 Å². The second-order valence-corrected chi connectivity index (χ2v) is 5.90. The molecule has 23 heavy (non-hydrogen) atoms. The van der Waals surface area contributed by atoms with Gasteiger partial charge in [0.05, 0.1) is 0 Å². The molecule has 4 nitrogen and oxygen atoms in total. The highest BCUT2D eigenvalue weighted by Crippen LogP contribution is 2.23. The van der Waals surface area contributed by atoms with Crippen LogP contribution < -0.4 is 0 Å². The first-order valence-electron chi connectivity index (χ1n) is 7.56. The van der Waals surface area contributed by atoms with Crippen molar-refractivity contribution in [1.82, 2.24) is 19.7 Å². The molecule has 5 heteroatoms. The van der Waals surface area contributed by atoms with Gasteiger partial charge in [-0.1, -0.05) is 54.2 Å². The highest BCUT2D eigenvalue weighted by molar-refractivity contribution is 7.99. The standard InChI is InChI=1S/C18H18N4S/c1-2-22-17(16-10-12-19-13-11-16)20-21-18(22)23-14-6-9-15-7-4-3-5-8-15/h3-13H,2,14H2,1H3/b9-6-. The van der Waals surface area contributed by atoms with Crippen molar-refractivity contribution in [3.05, 3.63) is 66.5 Å². The van der Waals surface area contributed by atoms with Gasteiger partial charge in [-0.15, -0.1) is 10.2 Å². The molecule has 0 radical (unpaired) electrons. The highest BCUT2D eigenvalue weighted by atomic mass is 32.2. The Labute approximate surface area is 140 Å². The molecule has 0 bridgehead atoms. The summed E-state index contributed by atoms with van der Waals surface area (Å²) >= 11 is 1.69. The molecule has 0 saturated carbocycles. The van der Waals surface area contributed by atoms with E-state index >= 15 is 0 Å². The minimum absolute atomic E-state index is 0.843. The van der Waals surface area contributed by atoms with E-state index in [1.54, 1.807) is 24.2 Å². The average Bonchev–Trinajstić information content (AvgIpc) is 3.03. The fourth-order valence-electron chi connectivity index (χ4n) is 2.27. The summed E-state index contributed by atoms with van der Waals surface area (Å²) in [7, 11) is 0. The summed E-state index contributed by atoms with van der Waals surface area (Å²) in [6.07, 6.45) is 7.84. The molecule has 0 atom stereocenters. The third-order valence-corrected chi connectivity index (χ3v) is 4.31. The fourth-order valence-corrected chi connectivity index (χ4v) is 3.08. The maximum Gasteiger partial charge on any atom is 0.191 e. The molecule has 0 saturated heterocycles. The van der Waals surface area contributed by atoms with E-state index in [0.29, 0.717) is 0 Å². The van der Waals surface area contributed by atoms with Crippen molar-refractivity contribution in [2.24, 2.45) is 0 Å². The molecule has 0 amide bonds. The molecule has 3 aromatic rings. The zero-order valence-corrected chi connectivity index (χ0v) is 13.8. The Kier molecular flexibility index (Phi) is 5.21. The van der Waals surface area contributed by atoms with E-state index < -0.39 is 0 Å². The molecule has 0 aliphatic heterocycles. The fraction of sp³-hybridized carbons (Fsp3) is 0.167. The molecule has 0 spiro atoms. The van der Waals surface area contributed by atoms with Gasteiger partial charge in [0.25, 0.3) is 0 Å². The van der Waals surface area contributed by atoms with Crippen LogP contribution in [-0.2, 0) is 6.54 Å². The van der Waals surface area contributed by atoms with Crippen LogP contribution in [0.25, 0.3) is 17.5 Å². The van der Waals surface area contributed by atoms with Gasteiger partial charge in [0.2, 0.25) is 0 Å². The zero-order chi connectivity index (χ0) is 15.9. The molecule has 0 N–H and O–H groups in total. The van der Waals surface area contributed by atoms with Gasteiger partial charge in [0.1, 0.15) is 0 Å². The summed E-state index contributed by atoms with van der Waals surface area (Å²) in [5, 5.41) is 9.61. The van der Waals surface area contributed by atoms with Gasteiger partial charge in [-0.2, -0.15) is 0 Å². The third-order valence-electron chi connectivity index (χ3n) is 3.39. The Morgan fingerprint density at radius 2 is 1.83 bits per heavy atom. The van der Waals surface area contributed by atoms with Crippen molar-refractivity contribution in [2.45, 2.75) is 18.6 Å². The molecule has 0 fully saturated rings. The second kappa shape index (κ2) is 7.74. The molecule has 0 aliphatic carbocycles. The van der Waals surface area contributed by atoms with Crippen molar-refractivity contribution in [2.75, 3.05) is 5.75 Å². The molecule has 3 rings (SSSR count). The van der Waals surface area contributed by atoms with E-state index in [4.69, 9.17) is 0 Å². The summed E-state index contributed by atoms with van der Waals surface area (Å²) in [6, 6.07) is 14.2. The molecule has 1 aromatic carbocycles. The van der Waals surface area contributed by atoms with Crippen LogP contribution in [0.4, 0.5) is 0 Å². The number of aromatic nitrogens is 4. The lowest BCUT2D eigenvalue weighted by Crippen LogP contribution is -1.99. The van der Waals surface area contributed by atoms with Gasteiger partial charge in [0, 0.05) is 30.3 Å². The van der Waals surface area contributed by atoms with Gasteiger partial charge in [0.15, 0.2) is 11.0 Å². The second-order valence-electron chi connectivity index (χ2n) is 4.91. The smallest absolute Gasteiger partial charge is 0.191 e. The quantitative estimate of drug-likeness (QED) is 0.639. The monoisotopic (exact) mass is 322 g/mol. The number of thioether (sulfide) groups is 1.